The minimum absolute atomic E-state index is 0.0396. The van der Waals surface area contributed by atoms with Gasteiger partial charge in [-0.2, -0.15) is 18.4 Å². The molecule has 1 saturated heterocycles. The van der Waals surface area contributed by atoms with Crippen molar-refractivity contribution in [1.29, 1.82) is 5.26 Å². The summed E-state index contributed by atoms with van der Waals surface area (Å²) in [6, 6.07) is 14.3. The van der Waals surface area contributed by atoms with E-state index in [0.717, 1.165) is 30.5 Å². The van der Waals surface area contributed by atoms with Crippen molar-refractivity contribution < 1.29 is 27.8 Å². The Morgan fingerprint density at radius 1 is 1.15 bits per heavy atom. The van der Waals surface area contributed by atoms with Crippen LogP contribution in [0.2, 0.25) is 0 Å². The van der Waals surface area contributed by atoms with Crippen molar-refractivity contribution in [3.05, 3.63) is 82.7 Å². The minimum atomic E-state index is -4.72. The number of rotatable bonds is 6. The highest BCUT2D eigenvalue weighted by Crippen LogP contribution is 2.38. The van der Waals surface area contributed by atoms with E-state index in [4.69, 9.17) is 4.74 Å². The van der Waals surface area contributed by atoms with Crippen LogP contribution in [0, 0.1) is 11.3 Å². The van der Waals surface area contributed by atoms with E-state index in [1.54, 1.807) is 31.7 Å². The number of piperidine rings is 1. The lowest BCUT2D eigenvalue weighted by molar-refractivity contribution is -0.163. The molecule has 1 aliphatic rings. The fourth-order valence-electron chi connectivity index (χ4n) is 4.94. The molecule has 1 N–H and O–H groups in total. The third kappa shape index (κ3) is 7.33. The lowest BCUT2D eigenvalue weighted by atomic mass is 9.97. The van der Waals surface area contributed by atoms with Gasteiger partial charge < -0.3 is 9.84 Å². The predicted octanol–water partition coefficient (Wildman–Crippen LogP) is 7.21. The number of benzene rings is 2. The molecule has 0 unspecified atom stereocenters. The Kier molecular flexibility index (Phi) is 8.83. The molecule has 214 valence electrons. The van der Waals surface area contributed by atoms with Gasteiger partial charge in [0.2, 0.25) is 0 Å². The van der Waals surface area contributed by atoms with E-state index in [1.165, 1.54) is 18.3 Å². The van der Waals surface area contributed by atoms with Gasteiger partial charge in [0.05, 0.1) is 16.8 Å². The lowest BCUT2D eigenvalue weighted by Gasteiger charge is -2.36. The Morgan fingerprint density at radius 3 is 2.54 bits per heavy atom. The van der Waals surface area contributed by atoms with Crippen LogP contribution in [-0.4, -0.2) is 39.1 Å². The number of aromatic hydroxyl groups is 1. The van der Waals surface area contributed by atoms with Crippen molar-refractivity contribution in [2.24, 2.45) is 0 Å². The highest BCUT2D eigenvalue weighted by Gasteiger charge is 2.36. The molecule has 6 nitrogen and oxygen atoms in total. The number of likely N-dealkylation sites (tertiary alicyclic amines) is 1. The average Bonchev–Trinajstić information content (AvgIpc) is 2.92. The van der Waals surface area contributed by atoms with Crippen LogP contribution in [0.15, 0.2) is 54.7 Å². The first-order valence-corrected chi connectivity index (χ1v) is 13.4. The molecule has 0 saturated carbocycles. The van der Waals surface area contributed by atoms with Gasteiger partial charge in [0.25, 0.3) is 0 Å². The number of nitrogens with zero attached hydrogens (tertiary/aromatic N) is 3. The molecule has 1 aliphatic heterocycles. The molecule has 1 fully saturated rings. The summed E-state index contributed by atoms with van der Waals surface area (Å²) in [5.74, 6) is -0.747. The summed E-state index contributed by atoms with van der Waals surface area (Å²) < 4.78 is 48.2. The molecule has 0 bridgehead atoms. The first-order chi connectivity index (χ1) is 19.4. The van der Waals surface area contributed by atoms with Gasteiger partial charge in [0, 0.05) is 23.9 Å². The molecule has 41 heavy (non-hydrogen) atoms. The van der Waals surface area contributed by atoms with E-state index < -0.39 is 29.4 Å². The van der Waals surface area contributed by atoms with Gasteiger partial charge in [0.15, 0.2) is 0 Å². The number of phenolic OH excluding ortho intramolecular Hbond substituents is 1. The minimum Gasteiger partial charge on any atom is -0.508 e. The monoisotopic (exact) mass is 563 g/mol. The number of pyridine rings is 1. The van der Waals surface area contributed by atoms with Crippen LogP contribution in [0.3, 0.4) is 0 Å². The Labute approximate surface area is 237 Å². The summed E-state index contributed by atoms with van der Waals surface area (Å²) in [5, 5.41) is 20.6. The largest absolute Gasteiger partial charge is 0.508 e. The predicted molar refractivity (Wildman–Crippen MR) is 150 cm³/mol. The second-order valence-corrected chi connectivity index (χ2v) is 11.0. The Morgan fingerprint density at radius 2 is 1.88 bits per heavy atom. The van der Waals surface area contributed by atoms with Gasteiger partial charge >= 0.3 is 12.1 Å². The second-order valence-electron chi connectivity index (χ2n) is 11.0. The lowest BCUT2D eigenvalue weighted by Crippen LogP contribution is -2.46. The molecule has 4 rings (SSSR count). The van der Waals surface area contributed by atoms with Gasteiger partial charge in [-0.05, 0) is 75.6 Å². The van der Waals surface area contributed by atoms with E-state index in [-0.39, 0.29) is 34.7 Å². The summed E-state index contributed by atoms with van der Waals surface area (Å²) in [6.45, 7) is 5.74. The third-order valence-corrected chi connectivity index (χ3v) is 6.82. The number of aromatic nitrogens is 1. The summed E-state index contributed by atoms with van der Waals surface area (Å²) in [7, 11) is 0. The van der Waals surface area contributed by atoms with E-state index in [2.05, 4.69) is 11.1 Å². The van der Waals surface area contributed by atoms with Crippen LogP contribution in [0.1, 0.15) is 68.0 Å². The highest BCUT2D eigenvalue weighted by atomic mass is 19.4. The van der Waals surface area contributed by atoms with Gasteiger partial charge in [-0.25, -0.2) is 0 Å². The first-order valence-electron chi connectivity index (χ1n) is 13.4. The maximum atomic E-state index is 14.2. The number of hydrogen-bond donors (Lipinski definition) is 1. The molecule has 9 heteroatoms. The molecule has 1 atom stereocenters. The topological polar surface area (TPSA) is 86.5 Å². The third-order valence-electron chi connectivity index (χ3n) is 6.82. The van der Waals surface area contributed by atoms with E-state index >= 15 is 0 Å². The number of alkyl halides is 3. The van der Waals surface area contributed by atoms with Gasteiger partial charge in [-0.15, -0.1) is 0 Å². The molecule has 0 radical (unpaired) electrons. The number of nitriles is 1. The van der Waals surface area contributed by atoms with E-state index in [0.29, 0.717) is 18.5 Å². The summed E-state index contributed by atoms with van der Waals surface area (Å²) in [6.07, 6.45) is 1.43. The summed E-state index contributed by atoms with van der Waals surface area (Å²) >= 11 is 0. The number of halogens is 3. The average molecular weight is 564 g/mol. The fourth-order valence-corrected chi connectivity index (χ4v) is 4.94. The second kappa shape index (κ2) is 12.1. The van der Waals surface area contributed by atoms with Crippen LogP contribution in [0.5, 0.6) is 5.75 Å². The first kappa shape index (κ1) is 29.8. The smallest absolute Gasteiger partial charge is 0.417 e. The zero-order chi connectivity index (χ0) is 29.8. The Hall–Kier alpha value is -4.16. The molecule has 0 amide bonds. The van der Waals surface area contributed by atoms with Crippen molar-refractivity contribution in [2.45, 2.75) is 64.4 Å². The van der Waals surface area contributed by atoms with Gasteiger partial charge in [0.1, 0.15) is 23.5 Å². The molecule has 0 spiro atoms. The summed E-state index contributed by atoms with van der Waals surface area (Å²) in [5.41, 5.74) is -0.0178. The van der Waals surface area contributed by atoms with Crippen LogP contribution >= 0.6 is 0 Å². The zero-order valence-corrected chi connectivity index (χ0v) is 23.2. The maximum absolute atomic E-state index is 14.2. The normalized spacial score (nSPS) is 16.5. The number of carbonyl (C=O) groups excluding carboxylic acids is 1. The number of hydrogen-bond acceptors (Lipinski definition) is 6. The van der Waals surface area contributed by atoms with Crippen molar-refractivity contribution in [1.82, 2.24) is 9.88 Å². The molecular weight excluding hydrogens is 531 g/mol. The maximum Gasteiger partial charge on any atom is 0.417 e. The highest BCUT2D eigenvalue weighted by molar-refractivity contribution is 5.79. The zero-order valence-electron chi connectivity index (χ0n) is 23.2. The standard InChI is InChI=1S/C32H32F3N3O3/c1-31(2,3)41-30(40)28-11-7-8-16-38(28)20-23-17-26(32(33,34)35)22(18-29(23)39)12-13-27-25(19-36)24(14-15-37-27)21-9-5-4-6-10-21/h4-6,9-10,12-15,17-18,28,39H,7-8,11,16,20H2,1-3H3/b13-12+/t28-/m0/s1. The van der Waals surface area contributed by atoms with Crippen LogP contribution < -0.4 is 0 Å². The number of carbonyl (C=O) groups is 1. The molecular formula is C32H32F3N3O3. The van der Waals surface area contributed by atoms with E-state index in [9.17, 15) is 28.3 Å². The molecule has 1 aromatic heterocycles. The van der Waals surface area contributed by atoms with Gasteiger partial charge in [-0.1, -0.05) is 42.8 Å². The molecule has 0 aliphatic carbocycles. The van der Waals surface area contributed by atoms with Crippen molar-refractivity contribution in [3.8, 4) is 22.9 Å². The fraction of sp³-hybridized carbons (Fsp3) is 0.344. The molecule has 2 aromatic carbocycles. The quantitative estimate of drug-likeness (QED) is 0.319. The van der Waals surface area contributed by atoms with Crippen LogP contribution in [0.4, 0.5) is 13.2 Å². The molecule has 2 heterocycles. The number of esters is 1. The van der Waals surface area contributed by atoms with Gasteiger partial charge in [-0.3, -0.25) is 14.7 Å². The Bertz CT molecular complexity index is 1470. The molecule has 3 aromatic rings. The van der Waals surface area contributed by atoms with Crippen molar-refractivity contribution in [3.63, 3.8) is 0 Å². The van der Waals surface area contributed by atoms with Crippen LogP contribution in [-0.2, 0) is 22.3 Å². The number of ether oxygens (including phenoxy) is 1. The SMILES string of the molecule is CC(C)(C)OC(=O)[C@@H]1CCCCN1Cc1cc(C(F)(F)F)c(/C=C/c2nccc(-c3ccccc3)c2C#N)cc1O. The van der Waals surface area contributed by atoms with Crippen LogP contribution in [0.25, 0.3) is 23.3 Å². The summed E-state index contributed by atoms with van der Waals surface area (Å²) in [4.78, 5) is 18.8. The van der Waals surface area contributed by atoms with Crippen molar-refractivity contribution >= 4 is 18.1 Å². The Balaban J connectivity index is 1.67. The van der Waals surface area contributed by atoms with E-state index in [1.807, 2.05) is 30.3 Å². The van der Waals surface area contributed by atoms with Crippen molar-refractivity contribution in [2.75, 3.05) is 6.54 Å². The number of phenols is 1.